The number of thiazole rings is 1. The standard InChI is InChI=1S/C29H39N3O5S/c1-18-26(38-17-31-18)21-7-5-19(6-8-21)15-30-27(35)24-13-22(33)16-32(24)28(36)23(29(2,3)4)14-25(34)20-9-11-37-12-10-20/h5-8,17,20,22-24,33H,9-16H2,1-4H3,(H,30,35)/t22-,23-,24+/m1/s1. The van der Waals surface area contributed by atoms with Gasteiger partial charge in [-0.2, -0.15) is 0 Å². The number of carbonyl (C=O) groups is 3. The van der Waals surface area contributed by atoms with Crippen molar-refractivity contribution in [1.29, 1.82) is 0 Å². The minimum absolute atomic E-state index is 0.0827. The van der Waals surface area contributed by atoms with E-state index in [9.17, 15) is 19.5 Å². The summed E-state index contributed by atoms with van der Waals surface area (Å²) in [7, 11) is 0. The SMILES string of the molecule is Cc1ncsc1-c1ccc(CNC(=O)[C@@H]2C[C@@H](O)CN2C(=O)[C@@H](CC(=O)C2CCOCC2)C(C)(C)C)cc1. The van der Waals surface area contributed by atoms with E-state index in [-0.39, 0.29) is 42.9 Å². The van der Waals surface area contributed by atoms with Gasteiger partial charge in [-0.3, -0.25) is 14.4 Å². The van der Waals surface area contributed by atoms with Crippen LogP contribution in [-0.4, -0.2) is 64.5 Å². The number of aryl methyl sites for hydroxylation is 1. The number of β-amino-alcohol motifs (C(OH)–C–C–N with tert-alkyl or cyclic N) is 1. The number of benzene rings is 1. The molecule has 0 unspecified atom stereocenters. The van der Waals surface area contributed by atoms with Crippen molar-refractivity contribution in [3.8, 4) is 10.4 Å². The average molecular weight is 542 g/mol. The van der Waals surface area contributed by atoms with Crippen molar-refractivity contribution in [3.05, 3.63) is 41.0 Å². The largest absolute Gasteiger partial charge is 0.391 e. The maximum atomic E-state index is 13.8. The van der Waals surface area contributed by atoms with Crippen LogP contribution in [0, 0.1) is 24.2 Å². The molecule has 1 aromatic heterocycles. The van der Waals surface area contributed by atoms with E-state index >= 15 is 0 Å². The number of aromatic nitrogens is 1. The van der Waals surface area contributed by atoms with Crippen LogP contribution < -0.4 is 5.32 Å². The number of aliphatic hydroxyl groups is 1. The van der Waals surface area contributed by atoms with Crippen LogP contribution in [0.15, 0.2) is 29.8 Å². The number of carbonyl (C=O) groups excluding carboxylic acids is 3. The molecule has 3 heterocycles. The number of nitrogens with zero attached hydrogens (tertiary/aromatic N) is 2. The molecule has 1 aromatic carbocycles. The zero-order chi connectivity index (χ0) is 27.4. The Morgan fingerprint density at radius 1 is 1.18 bits per heavy atom. The number of amides is 2. The summed E-state index contributed by atoms with van der Waals surface area (Å²) in [6, 6.07) is 7.21. The first-order valence-corrected chi connectivity index (χ1v) is 14.3. The number of likely N-dealkylation sites (tertiary alicyclic amines) is 1. The summed E-state index contributed by atoms with van der Waals surface area (Å²) in [5, 5.41) is 13.4. The lowest BCUT2D eigenvalue weighted by molar-refractivity contribution is -0.147. The third kappa shape index (κ3) is 6.68. The Morgan fingerprint density at radius 3 is 2.47 bits per heavy atom. The fraction of sp³-hybridized carbons (Fsp3) is 0.586. The van der Waals surface area contributed by atoms with Crippen LogP contribution in [0.1, 0.15) is 57.7 Å². The van der Waals surface area contributed by atoms with Gasteiger partial charge in [0.15, 0.2) is 0 Å². The van der Waals surface area contributed by atoms with Gasteiger partial charge in [-0.05, 0) is 36.3 Å². The molecule has 0 radical (unpaired) electrons. The third-order valence-corrected chi connectivity index (χ3v) is 8.70. The van der Waals surface area contributed by atoms with Crippen molar-refractivity contribution < 1.29 is 24.2 Å². The van der Waals surface area contributed by atoms with Gasteiger partial charge in [-0.15, -0.1) is 11.3 Å². The first-order valence-electron chi connectivity index (χ1n) is 13.4. The third-order valence-electron chi connectivity index (χ3n) is 7.72. The summed E-state index contributed by atoms with van der Waals surface area (Å²) >= 11 is 1.59. The molecule has 0 saturated carbocycles. The van der Waals surface area contributed by atoms with Crippen LogP contribution in [0.3, 0.4) is 0 Å². The fourth-order valence-electron chi connectivity index (χ4n) is 5.32. The highest BCUT2D eigenvalue weighted by molar-refractivity contribution is 7.13. The summed E-state index contributed by atoms with van der Waals surface area (Å²) in [5.41, 5.74) is 4.37. The fourth-order valence-corrected chi connectivity index (χ4v) is 6.13. The van der Waals surface area contributed by atoms with Gasteiger partial charge in [0, 0.05) is 51.0 Å². The normalized spacial score (nSPS) is 21.3. The molecule has 8 nitrogen and oxygen atoms in total. The highest BCUT2D eigenvalue weighted by Gasteiger charge is 2.44. The van der Waals surface area contributed by atoms with Crippen molar-refractivity contribution >= 4 is 28.9 Å². The van der Waals surface area contributed by atoms with Crippen molar-refractivity contribution in [3.63, 3.8) is 0 Å². The molecule has 2 aromatic rings. The molecule has 0 spiro atoms. The Morgan fingerprint density at radius 2 is 1.87 bits per heavy atom. The summed E-state index contributed by atoms with van der Waals surface area (Å²) in [6.07, 6.45) is 0.916. The smallest absolute Gasteiger partial charge is 0.243 e. The second-order valence-corrected chi connectivity index (χ2v) is 12.4. The molecule has 0 aliphatic carbocycles. The molecule has 2 fully saturated rings. The van der Waals surface area contributed by atoms with E-state index in [1.165, 1.54) is 4.90 Å². The molecule has 3 atom stereocenters. The van der Waals surface area contributed by atoms with E-state index in [2.05, 4.69) is 10.3 Å². The van der Waals surface area contributed by atoms with Gasteiger partial charge in [0.2, 0.25) is 11.8 Å². The van der Waals surface area contributed by atoms with Crippen LogP contribution in [0.25, 0.3) is 10.4 Å². The topological polar surface area (TPSA) is 109 Å². The van der Waals surface area contributed by atoms with Crippen molar-refractivity contribution in [2.75, 3.05) is 19.8 Å². The Hall–Kier alpha value is -2.62. The number of ketones is 1. The summed E-state index contributed by atoms with van der Waals surface area (Å²) in [5.74, 6) is -1.10. The predicted molar refractivity (Wildman–Crippen MR) is 146 cm³/mol. The number of ether oxygens (including phenoxy) is 1. The van der Waals surface area contributed by atoms with E-state index in [0.717, 1.165) is 21.7 Å². The molecule has 0 bridgehead atoms. The molecular formula is C29H39N3O5S. The lowest BCUT2D eigenvalue weighted by Gasteiger charge is -2.35. The Balaban J connectivity index is 1.41. The molecule has 2 aliphatic heterocycles. The number of hydrogen-bond donors (Lipinski definition) is 2. The van der Waals surface area contributed by atoms with Crippen molar-refractivity contribution in [2.45, 2.75) is 72.1 Å². The number of hydrogen-bond acceptors (Lipinski definition) is 7. The van der Waals surface area contributed by atoms with Crippen LogP contribution in [0.2, 0.25) is 0 Å². The molecule has 4 rings (SSSR count). The highest BCUT2D eigenvalue weighted by atomic mass is 32.1. The number of Topliss-reactive ketones (excluding diaryl/α,β-unsaturated/α-hetero) is 1. The summed E-state index contributed by atoms with van der Waals surface area (Å²) in [6.45, 7) is 9.38. The average Bonchev–Trinajstić information content (AvgIpc) is 3.50. The lowest BCUT2D eigenvalue weighted by Crippen LogP contribution is -2.50. The van der Waals surface area contributed by atoms with Crippen LogP contribution >= 0.6 is 11.3 Å². The Labute approximate surface area is 228 Å². The van der Waals surface area contributed by atoms with Gasteiger partial charge < -0.3 is 20.1 Å². The first kappa shape index (κ1) is 28.4. The molecule has 206 valence electrons. The second-order valence-electron chi connectivity index (χ2n) is 11.6. The maximum Gasteiger partial charge on any atom is 0.243 e. The molecule has 2 saturated heterocycles. The van der Waals surface area contributed by atoms with E-state index in [1.54, 1.807) is 11.3 Å². The summed E-state index contributed by atoms with van der Waals surface area (Å²) in [4.78, 5) is 47.0. The van der Waals surface area contributed by atoms with Crippen LogP contribution in [-0.2, 0) is 25.7 Å². The van der Waals surface area contributed by atoms with Crippen LogP contribution in [0.4, 0.5) is 0 Å². The molecule has 2 amide bonds. The lowest BCUT2D eigenvalue weighted by atomic mass is 9.75. The summed E-state index contributed by atoms with van der Waals surface area (Å²) < 4.78 is 5.38. The van der Waals surface area contributed by atoms with E-state index < -0.39 is 23.5 Å². The number of nitrogens with one attached hydrogen (secondary N) is 1. The number of aliphatic hydroxyl groups excluding tert-OH is 1. The molecule has 2 aliphatic rings. The van der Waals surface area contributed by atoms with Gasteiger partial charge in [0.05, 0.1) is 22.2 Å². The van der Waals surface area contributed by atoms with Crippen LogP contribution in [0.5, 0.6) is 0 Å². The highest BCUT2D eigenvalue weighted by Crippen LogP contribution is 2.35. The zero-order valence-electron chi connectivity index (χ0n) is 22.7. The molecular weight excluding hydrogens is 502 g/mol. The van der Waals surface area contributed by atoms with E-state index in [1.807, 2.05) is 57.5 Å². The quantitative estimate of drug-likeness (QED) is 0.527. The molecule has 9 heteroatoms. The van der Waals surface area contributed by atoms with E-state index in [0.29, 0.717) is 32.6 Å². The molecule has 2 N–H and O–H groups in total. The van der Waals surface area contributed by atoms with Gasteiger partial charge in [0.25, 0.3) is 0 Å². The van der Waals surface area contributed by atoms with Gasteiger partial charge in [0.1, 0.15) is 11.8 Å². The monoisotopic (exact) mass is 541 g/mol. The van der Waals surface area contributed by atoms with E-state index in [4.69, 9.17) is 4.74 Å². The van der Waals surface area contributed by atoms with Crippen molar-refractivity contribution in [2.24, 2.45) is 17.3 Å². The number of rotatable bonds is 8. The van der Waals surface area contributed by atoms with Crippen molar-refractivity contribution in [1.82, 2.24) is 15.2 Å². The first-order chi connectivity index (χ1) is 18.0. The maximum absolute atomic E-state index is 13.8. The van der Waals surface area contributed by atoms with Gasteiger partial charge >= 0.3 is 0 Å². The minimum Gasteiger partial charge on any atom is -0.391 e. The Bertz CT molecular complexity index is 1130. The zero-order valence-corrected chi connectivity index (χ0v) is 23.6. The molecule has 38 heavy (non-hydrogen) atoms. The minimum atomic E-state index is -0.775. The predicted octanol–water partition coefficient (Wildman–Crippen LogP) is 3.74. The van der Waals surface area contributed by atoms with Gasteiger partial charge in [-0.1, -0.05) is 45.0 Å². The van der Waals surface area contributed by atoms with Gasteiger partial charge in [-0.25, -0.2) is 4.98 Å². The second kappa shape index (κ2) is 12.1. The Kier molecular flexibility index (Phi) is 9.00.